The van der Waals surface area contributed by atoms with E-state index in [0.29, 0.717) is 35.9 Å². The number of hydrogen-bond acceptors (Lipinski definition) is 5. The van der Waals surface area contributed by atoms with Crippen LogP contribution in [-0.2, 0) is 9.53 Å². The molecule has 1 heterocycles. The first-order chi connectivity index (χ1) is 11.5. The summed E-state index contributed by atoms with van der Waals surface area (Å²) in [6, 6.07) is 4.76. The molecule has 0 aromatic heterocycles. The Balaban J connectivity index is 1.86. The van der Waals surface area contributed by atoms with Crippen molar-refractivity contribution in [2.24, 2.45) is 5.92 Å². The van der Waals surface area contributed by atoms with Crippen LogP contribution in [0.3, 0.4) is 0 Å². The van der Waals surface area contributed by atoms with Crippen LogP contribution in [0.5, 0.6) is 5.75 Å². The van der Waals surface area contributed by atoms with Crippen LogP contribution in [0.4, 0.5) is 5.69 Å². The van der Waals surface area contributed by atoms with Crippen molar-refractivity contribution < 1.29 is 19.1 Å². The Morgan fingerprint density at radius 3 is 2.67 bits per heavy atom. The van der Waals surface area contributed by atoms with Crippen molar-refractivity contribution >= 4 is 17.6 Å². The molecule has 0 saturated carbocycles. The lowest BCUT2D eigenvalue weighted by atomic mass is 9.99. The summed E-state index contributed by atoms with van der Waals surface area (Å²) < 4.78 is 10.6. The molecule has 1 aromatic rings. The Morgan fingerprint density at radius 2 is 2.00 bits per heavy atom. The average Bonchev–Trinajstić information content (AvgIpc) is 2.57. The molecule has 0 aliphatic carbocycles. The molecule has 1 amide bonds. The summed E-state index contributed by atoms with van der Waals surface area (Å²) >= 11 is 0. The predicted molar refractivity (Wildman–Crippen MR) is 91.9 cm³/mol. The number of esters is 1. The third kappa shape index (κ3) is 4.88. The normalized spacial score (nSPS) is 15.2. The Morgan fingerprint density at radius 1 is 1.29 bits per heavy atom. The highest BCUT2D eigenvalue weighted by atomic mass is 16.5. The first kappa shape index (κ1) is 18.1. The lowest BCUT2D eigenvalue weighted by Crippen LogP contribution is -2.38. The maximum Gasteiger partial charge on any atom is 0.338 e. The SMILES string of the molecule is CCOC(=O)c1ccc(N)c(OCCC(=O)N2CCC(C)CC2)c1. The van der Waals surface area contributed by atoms with Crippen molar-refractivity contribution in [1.82, 2.24) is 4.90 Å². The minimum Gasteiger partial charge on any atom is -0.491 e. The summed E-state index contributed by atoms with van der Waals surface area (Å²) in [4.78, 5) is 25.8. The standard InChI is InChI=1S/C18H26N2O4/c1-3-23-18(22)14-4-5-15(19)16(12-14)24-11-8-17(21)20-9-6-13(2)7-10-20/h4-5,12-13H,3,6-11,19H2,1-2H3. The number of piperidine rings is 1. The molecule has 0 spiro atoms. The molecule has 24 heavy (non-hydrogen) atoms. The minimum atomic E-state index is -0.416. The van der Waals surface area contributed by atoms with E-state index in [-0.39, 0.29) is 12.5 Å². The number of carbonyl (C=O) groups is 2. The van der Waals surface area contributed by atoms with Gasteiger partial charge < -0.3 is 20.1 Å². The number of amides is 1. The Kier molecular flexibility index (Phi) is 6.46. The van der Waals surface area contributed by atoms with Crippen LogP contribution in [0.25, 0.3) is 0 Å². The minimum absolute atomic E-state index is 0.0991. The number of anilines is 1. The Bertz CT molecular complexity index is 580. The van der Waals surface area contributed by atoms with Gasteiger partial charge in [-0.15, -0.1) is 0 Å². The molecule has 6 heteroatoms. The largest absolute Gasteiger partial charge is 0.491 e. The molecule has 2 N–H and O–H groups in total. The molecule has 0 radical (unpaired) electrons. The van der Waals surface area contributed by atoms with Gasteiger partial charge in [-0.3, -0.25) is 4.79 Å². The predicted octanol–water partition coefficient (Wildman–Crippen LogP) is 2.47. The van der Waals surface area contributed by atoms with Crippen molar-refractivity contribution in [1.29, 1.82) is 0 Å². The van der Waals surface area contributed by atoms with Crippen LogP contribution in [-0.4, -0.2) is 43.1 Å². The van der Waals surface area contributed by atoms with E-state index in [2.05, 4.69) is 6.92 Å². The maximum absolute atomic E-state index is 12.2. The van der Waals surface area contributed by atoms with E-state index in [1.54, 1.807) is 25.1 Å². The molecular formula is C18H26N2O4. The number of nitrogen functional groups attached to an aromatic ring is 1. The van der Waals surface area contributed by atoms with Gasteiger partial charge in [0.2, 0.25) is 5.91 Å². The van der Waals surface area contributed by atoms with Crippen molar-refractivity contribution in [2.45, 2.75) is 33.1 Å². The second-order valence-electron chi connectivity index (χ2n) is 6.13. The van der Waals surface area contributed by atoms with Gasteiger partial charge >= 0.3 is 5.97 Å². The van der Waals surface area contributed by atoms with Crippen molar-refractivity contribution in [3.8, 4) is 5.75 Å². The Hall–Kier alpha value is -2.24. The second-order valence-corrected chi connectivity index (χ2v) is 6.13. The van der Waals surface area contributed by atoms with E-state index < -0.39 is 5.97 Å². The van der Waals surface area contributed by atoms with Crippen molar-refractivity contribution in [3.63, 3.8) is 0 Å². The maximum atomic E-state index is 12.2. The second kappa shape index (κ2) is 8.57. The van der Waals surface area contributed by atoms with Crippen molar-refractivity contribution in [3.05, 3.63) is 23.8 Å². The lowest BCUT2D eigenvalue weighted by Gasteiger charge is -2.30. The zero-order valence-electron chi connectivity index (χ0n) is 14.4. The fourth-order valence-electron chi connectivity index (χ4n) is 2.67. The number of ether oxygens (including phenoxy) is 2. The molecule has 1 saturated heterocycles. The highest BCUT2D eigenvalue weighted by Crippen LogP contribution is 2.24. The number of benzene rings is 1. The zero-order chi connectivity index (χ0) is 17.5. The quantitative estimate of drug-likeness (QED) is 0.638. The number of carbonyl (C=O) groups excluding carboxylic acids is 2. The molecule has 2 rings (SSSR count). The molecule has 1 aromatic carbocycles. The number of hydrogen-bond donors (Lipinski definition) is 1. The van der Waals surface area contributed by atoms with Crippen LogP contribution in [0.15, 0.2) is 18.2 Å². The highest BCUT2D eigenvalue weighted by Gasteiger charge is 2.20. The summed E-state index contributed by atoms with van der Waals surface area (Å²) in [6.07, 6.45) is 2.42. The van der Waals surface area contributed by atoms with Crippen LogP contribution >= 0.6 is 0 Å². The molecule has 1 aliphatic heterocycles. The van der Waals surface area contributed by atoms with Gasteiger partial charge in [-0.2, -0.15) is 0 Å². The van der Waals surface area contributed by atoms with Gasteiger partial charge in [-0.05, 0) is 43.9 Å². The molecule has 1 fully saturated rings. The number of likely N-dealkylation sites (tertiary alicyclic amines) is 1. The van der Waals surface area contributed by atoms with Gasteiger partial charge in [-0.1, -0.05) is 6.92 Å². The van der Waals surface area contributed by atoms with Gasteiger partial charge in [0.15, 0.2) is 0 Å². The average molecular weight is 334 g/mol. The van der Waals surface area contributed by atoms with E-state index in [1.165, 1.54) is 0 Å². The first-order valence-electron chi connectivity index (χ1n) is 8.48. The number of rotatable bonds is 6. The third-order valence-corrected chi connectivity index (χ3v) is 4.23. The van der Waals surface area contributed by atoms with Gasteiger partial charge in [0, 0.05) is 13.1 Å². The van der Waals surface area contributed by atoms with E-state index in [1.807, 2.05) is 4.90 Å². The van der Waals surface area contributed by atoms with Crippen LogP contribution in [0.1, 0.15) is 43.5 Å². The fraction of sp³-hybridized carbons (Fsp3) is 0.556. The number of nitrogens with two attached hydrogens (primary N) is 1. The smallest absolute Gasteiger partial charge is 0.338 e. The molecule has 0 bridgehead atoms. The van der Waals surface area contributed by atoms with Gasteiger partial charge in [0.1, 0.15) is 5.75 Å². The Labute approximate surface area is 142 Å². The van der Waals surface area contributed by atoms with Gasteiger partial charge in [-0.25, -0.2) is 4.79 Å². The zero-order valence-corrected chi connectivity index (χ0v) is 14.4. The fourth-order valence-corrected chi connectivity index (χ4v) is 2.67. The molecule has 1 aliphatic rings. The molecule has 6 nitrogen and oxygen atoms in total. The number of nitrogens with zero attached hydrogens (tertiary/aromatic N) is 1. The summed E-state index contributed by atoms with van der Waals surface area (Å²) in [7, 11) is 0. The van der Waals surface area contributed by atoms with Crippen LogP contribution in [0, 0.1) is 5.92 Å². The monoisotopic (exact) mass is 334 g/mol. The van der Waals surface area contributed by atoms with Gasteiger partial charge in [0.05, 0.1) is 30.9 Å². The van der Waals surface area contributed by atoms with Crippen LogP contribution in [0.2, 0.25) is 0 Å². The molecule has 0 atom stereocenters. The first-order valence-corrected chi connectivity index (χ1v) is 8.48. The third-order valence-electron chi connectivity index (χ3n) is 4.23. The summed E-state index contributed by atoms with van der Waals surface area (Å²) in [5.41, 5.74) is 6.69. The lowest BCUT2D eigenvalue weighted by molar-refractivity contribution is -0.133. The highest BCUT2D eigenvalue weighted by molar-refractivity contribution is 5.90. The molecule has 132 valence electrons. The van der Waals surface area contributed by atoms with E-state index in [9.17, 15) is 9.59 Å². The van der Waals surface area contributed by atoms with Gasteiger partial charge in [0.25, 0.3) is 0 Å². The van der Waals surface area contributed by atoms with E-state index >= 15 is 0 Å². The summed E-state index contributed by atoms with van der Waals surface area (Å²) in [5, 5.41) is 0. The van der Waals surface area contributed by atoms with E-state index in [4.69, 9.17) is 15.2 Å². The summed E-state index contributed by atoms with van der Waals surface area (Å²) in [5.74, 6) is 0.777. The molecular weight excluding hydrogens is 308 g/mol. The topological polar surface area (TPSA) is 81.9 Å². The van der Waals surface area contributed by atoms with Crippen LogP contribution < -0.4 is 10.5 Å². The molecule has 0 unspecified atom stereocenters. The van der Waals surface area contributed by atoms with Crippen molar-refractivity contribution in [2.75, 3.05) is 32.0 Å². The van der Waals surface area contributed by atoms with E-state index in [0.717, 1.165) is 25.9 Å². The summed E-state index contributed by atoms with van der Waals surface area (Å²) in [6.45, 7) is 6.15.